The molecule has 0 aromatic carbocycles. The van der Waals surface area contributed by atoms with Crippen molar-refractivity contribution in [3.63, 3.8) is 0 Å². The van der Waals surface area contributed by atoms with Gasteiger partial charge in [0, 0.05) is 18.9 Å². The first-order chi connectivity index (χ1) is 6.36. The topological polar surface area (TPSA) is 136 Å². The Morgan fingerprint density at radius 3 is 1.43 bits per heavy atom. The Labute approximate surface area is 82.9 Å². The minimum atomic E-state index is -1.14. The number of rotatable bonds is 5. The van der Waals surface area contributed by atoms with Crippen molar-refractivity contribution < 1.29 is 31.3 Å². The van der Waals surface area contributed by atoms with Crippen LogP contribution in [0.2, 0.25) is 0 Å². The van der Waals surface area contributed by atoms with Crippen molar-refractivity contribution in [1.82, 2.24) is 0 Å². The van der Waals surface area contributed by atoms with Gasteiger partial charge < -0.3 is 31.3 Å². The molecule has 0 unspecified atom stereocenters. The van der Waals surface area contributed by atoms with Crippen LogP contribution in [-0.4, -0.2) is 18.1 Å². The molecule has 0 aliphatic carbocycles. The molecule has 6 N–H and O–H groups in total. The number of unbranched alkanes of at least 4 members (excludes halogenated alkanes) is 1. The molecule has 0 fully saturated rings. The second-order valence-electron chi connectivity index (χ2n) is 3.06. The monoisotopic (exact) mass is 206 g/mol. The summed E-state index contributed by atoms with van der Waals surface area (Å²) in [4.78, 5) is 19.5. The lowest BCUT2D eigenvalue weighted by molar-refractivity contribution is -0.651. The molecule has 0 aromatic heterocycles. The van der Waals surface area contributed by atoms with Crippen molar-refractivity contribution in [3.05, 3.63) is 0 Å². The lowest BCUT2D eigenvalue weighted by Crippen LogP contribution is -2.82. The predicted molar refractivity (Wildman–Crippen MR) is 43.7 cm³/mol. The van der Waals surface area contributed by atoms with Crippen LogP contribution < -0.4 is 21.7 Å². The van der Waals surface area contributed by atoms with Gasteiger partial charge in [-0.2, -0.15) is 0 Å². The fourth-order valence-electron chi connectivity index (χ4n) is 0.539. The molecule has 0 saturated heterocycles. The molecule has 84 valence electrons. The quantitative estimate of drug-likeness (QED) is 0.348. The summed E-state index contributed by atoms with van der Waals surface area (Å²) < 4.78 is 0. The summed E-state index contributed by atoms with van der Waals surface area (Å²) in [7, 11) is 0. The lowest BCUT2D eigenvalue weighted by Gasteiger charge is -2.01. The molecule has 0 atom stereocenters. The van der Waals surface area contributed by atoms with E-state index in [1.807, 2.05) is 6.92 Å². The maximum absolute atomic E-state index is 9.77. The van der Waals surface area contributed by atoms with Crippen molar-refractivity contribution in [1.29, 1.82) is 0 Å². The van der Waals surface area contributed by atoms with Crippen molar-refractivity contribution in [2.45, 2.75) is 38.8 Å². The zero-order valence-corrected chi connectivity index (χ0v) is 8.45. The smallest absolute Gasteiger partial charge is 0.204 e. The first-order valence-electron chi connectivity index (χ1n) is 4.42. The van der Waals surface area contributed by atoms with Gasteiger partial charge in [-0.05, 0) is 25.7 Å². The number of hydrogen-bond acceptors (Lipinski definition) is 4. The molecule has 0 aromatic rings. The Kier molecular flexibility index (Phi) is 10.9. The van der Waals surface area contributed by atoms with Gasteiger partial charge in [0.25, 0.3) is 0 Å². The van der Waals surface area contributed by atoms with Crippen LogP contribution in [0.5, 0.6) is 0 Å². The molecule has 0 rings (SSSR count). The standard InChI is InChI=1S/C6H10O4.C2H8N2/c7-5(8)3-1-2-4-6(9)10;1-2(3)4/h1-4H2,(H,7,8)(H,9,10);2H,3-4H2,1H3. The van der Waals surface area contributed by atoms with Crippen LogP contribution in [0.25, 0.3) is 0 Å². The summed E-state index contributed by atoms with van der Waals surface area (Å²) in [5, 5.41) is 19.5. The summed E-state index contributed by atoms with van der Waals surface area (Å²) >= 11 is 0. The maximum Gasteiger partial charge on any atom is 0.204 e. The Morgan fingerprint density at radius 2 is 1.29 bits per heavy atom. The van der Waals surface area contributed by atoms with E-state index in [1.165, 1.54) is 0 Å². The zero-order chi connectivity index (χ0) is 11.6. The largest absolute Gasteiger partial charge is 0.550 e. The number of carbonyl (C=O) groups is 2. The molecular weight excluding hydrogens is 188 g/mol. The molecule has 0 bridgehead atoms. The summed E-state index contributed by atoms with van der Waals surface area (Å²) in [6.07, 6.45) is 0.868. The number of carbonyl (C=O) groups excluding carboxylic acids is 2. The maximum atomic E-state index is 9.77. The highest BCUT2D eigenvalue weighted by atomic mass is 16.4. The van der Waals surface area contributed by atoms with Gasteiger partial charge in [0.1, 0.15) is 0 Å². The Morgan fingerprint density at radius 1 is 1.07 bits per heavy atom. The molecule has 6 nitrogen and oxygen atoms in total. The molecule has 0 saturated carbocycles. The molecule has 0 aliphatic heterocycles. The average molecular weight is 206 g/mol. The number of carboxylic acids is 2. The molecule has 0 radical (unpaired) electrons. The molecule has 0 spiro atoms. The van der Waals surface area contributed by atoms with E-state index in [4.69, 9.17) is 0 Å². The van der Waals surface area contributed by atoms with Gasteiger partial charge in [-0.1, -0.05) is 0 Å². The van der Waals surface area contributed by atoms with Gasteiger partial charge in [-0.25, -0.2) is 0 Å². The summed E-state index contributed by atoms with van der Waals surface area (Å²) in [6.45, 7) is 1.94. The third kappa shape index (κ3) is 30.7. The van der Waals surface area contributed by atoms with E-state index in [2.05, 4.69) is 11.5 Å². The first kappa shape index (κ1) is 15.3. The highest BCUT2D eigenvalue weighted by Crippen LogP contribution is 1.96. The van der Waals surface area contributed by atoms with Crippen LogP contribution >= 0.6 is 0 Å². The van der Waals surface area contributed by atoms with E-state index < -0.39 is 11.9 Å². The minimum Gasteiger partial charge on any atom is -0.550 e. The fraction of sp³-hybridized carbons (Fsp3) is 0.750. The van der Waals surface area contributed by atoms with E-state index in [9.17, 15) is 19.8 Å². The van der Waals surface area contributed by atoms with Gasteiger partial charge >= 0.3 is 0 Å². The normalized spacial score (nSPS) is 9.14. The molecule has 0 aliphatic rings. The number of carboxylic acid groups (broad SMARTS) is 2. The number of quaternary nitrogens is 2. The molecule has 6 heteroatoms. The van der Waals surface area contributed by atoms with Gasteiger partial charge in [-0.3, -0.25) is 0 Å². The van der Waals surface area contributed by atoms with Crippen LogP contribution in [-0.2, 0) is 9.59 Å². The van der Waals surface area contributed by atoms with Crippen molar-refractivity contribution in [3.8, 4) is 0 Å². The van der Waals surface area contributed by atoms with Crippen LogP contribution in [0, 0.1) is 0 Å². The summed E-state index contributed by atoms with van der Waals surface area (Å²) in [6, 6.07) is 0. The van der Waals surface area contributed by atoms with Gasteiger partial charge in [-0.15, -0.1) is 0 Å². The molecular formula is C8H18N2O4. The Hall–Kier alpha value is -1.14. The SMILES string of the molecule is CC([NH3+])[NH3+].O=C([O-])CCCCC(=O)[O-]. The highest BCUT2D eigenvalue weighted by molar-refractivity contribution is 5.65. The number of hydrogen-bond donors (Lipinski definition) is 2. The fourth-order valence-corrected chi connectivity index (χ4v) is 0.539. The molecule has 0 heterocycles. The predicted octanol–water partition coefficient (Wildman–Crippen LogP) is -4.14. The minimum absolute atomic E-state index is 0.0761. The van der Waals surface area contributed by atoms with Crippen molar-refractivity contribution in [2.24, 2.45) is 0 Å². The second-order valence-corrected chi connectivity index (χ2v) is 3.06. The summed E-state index contributed by atoms with van der Waals surface area (Å²) in [5.41, 5.74) is 7.06. The third-order valence-corrected chi connectivity index (χ3v) is 1.01. The van der Waals surface area contributed by atoms with E-state index in [1.54, 1.807) is 0 Å². The van der Waals surface area contributed by atoms with E-state index in [0.717, 1.165) is 0 Å². The van der Waals surface area contributed by atoms with Gasteiger partial charge in [0.05, 0.1) is 0 Å². The van der Waals surface area contributed by atoms with Crippen LogP contribution in [0.4, 0.5) is 0 Å². The van der Waals surface area contributed by atoms with E-state index >= 15 is 0 Å². The van der Waals surface area contributed by atoms with Gasteiger partial charge in [0.15, 0.2) is 0 Å². The highest BCUT2D eigenvalue weighted by Gasteiger charge is 1.89. The van der Waals surface area contributed by atoms with E-state index in [0.29, 0.717) is 19.0 Å². The number of aliphatic carboxylic acids is 2. The Bertz CT molecular complexity index is 152. The third-order valence-electron chi connectivity index (χ3n) is 1.01. The van der Waals surface area contributed by atoms with Gasteiger partial charge in [0.2, 0.25) is 6.17 Å². The average Bonchev–Trinajstić information content (AvgIpc) is 1.96. The lowest BCUT2D eigenvalue weighted by atomic mass is 10.2. The molecule has 0 amide bonds. The van der Waals surface area contributed by atoms with Crippen LogP contribution in [0.1, 0.15) is 32.6 Å². The Balaban J connectivity index is 0. The van der Waals surface area contributed by atoms with Crippen LogP contribution in [0.15, 0.2) is 0 Å². The van der Waals surface area contributed by atoms with E-state index in [-0.39, 0.29) is 12.8 Å². The first-order valence-corrected chi connectivity index (χ1v) is 4.42. The van der Waals surface area contributed by atoms with Crippen molar-refractivity contribution >= 4 is 11.9 Å². The van der Waals surface area contributed by atoms with Crippen LogP contribution in [0.3, 0.4) is 0 Å². The summed E-state index contributed by atoms with van der Waals surface area (Å²) in [5.74, 6) is -2.28. The second kappa shape index (κ2) is 9.94. The van der Waals surface area contributed by atoms with Crippen molar-refractivity contribution in [2.75, 3.05) is 0 Å². The zero-order valence-electron chi connectivity index (χ0n) is 8.45. The molecule has 14 heavy (non-hydrogen) atoms.